The monoisotopic (exact) mass is 397 g/mol. The van der Waals surface area contributed by atoms with Crippen LogP contribution < -0.4 is 10.1 Å². The Balaban J connectivity index is 1.64. The maximum Gasteiger partial charge on any atom is 0.262 e. The second kappa shape index (κ2) is 8.55. The van der Waals surface area contributed by atoms with Crippen LogP contribution in [0.15, 0.2) is 24.3 Å². The first-order valence-corrected chi connectivity index (χ1v) is 10.0. The van der Waals surface area contributed by atoms with Crippen molar-refractivity contribution in [1.29, 1.82) is 5.26 Å². The van der Waals surface area contributed by atoms with Gasteiger partial charge in [0.2, 0.25) is 0 Å². The summed E-state index contributed by atoms with van der Waals surface area (Å²) in [4.78, 5) is 27.1. The molecule has 28 heavy (non-hydrogen) atoms. The van der Waals surface area contributed by atoms with Gasteiger partial charge < -0.3 is 10.1 Å². The van der Waals surface area contributed by atoms with Gasteiger partial charge in [0, 0.05) is 29.6 Å². The van der Waals surface area contributed by atoms with Gasteiger partial charge >= 0.3 is 0 Å². The van der Waals surface area contributed by atoms with Crippen molar-refractivity contribution in [1.82, 2.24) is 4.90 Å². The minimum atomic E-state index is -0.313. The molecule has 1 aliphatic rings. The second-order valence-electron chi connectivity index (χ2n) is 7.05. The molecule has 0 radical (unpaired) electrons. The quantitative estimate of drug-likeness (QED) is 0.753. The molecule has 0 saturated heterocycles. The third kappa shape index (κ3) is 4.41. The first-order valence-electron chi connectivity index (χ1n) is 9.21. The Bertz CT molecular complexity index is 926. The molecule has 0 bridgehead atoms. The first-order chi connectivity index (χ1) is 13.4. The van der Waals surface area contributed by atoms with Crippen molar-refractivity contribution in [3.8, 4) is 11.8 Å². The van der Waals surface area contributed by atoms with Gasteiger partial charge in [-0.05, 0) is 57.0 Å². The van der Waals surface area contributed by atoms with Crippen LogP contribution in [0, 0.1) is 11.3 Å². The summed E-state index contributed by atoms with van der Waals surface area (Å²) in [5, 5.41) is 13.0. The van der Waals surface area contributed by atoms with Gasteiger partial charge in [-0.3, -0.25) is 14.5 Å². The van der Waals surface area contributed by atoms with Gasteiger partial charge in [-0.25, -0.2) is 0 Å². The van der Waals surface area contributed by atoms with E-state index in [0.717, 1.165) is 30.0 Å². The van der Waals surface area contributed by atoms with Gasteiger partial charge in [0.15, 0.2) is 12.4 Å². The zero-order valence-corrected chi connectivity index (χ0v) is 17.1. The molecule has 3 rings (SSSR count). The molecule has 0 spiro atoms. The minimum Gasteiger partial charge on any atom is -0.484 e. The topological polar surface area (TPSA) is 82.4 Å². The molecule has 1 aliphatic heterocycles. The summed E-state index contributed by atoms with van der Waals surface area (Å²) < 4.78 is 5.49. The summed E-state index contributed by atoms with van der Waals surface area (Å²) in [6, 6.07) is 9.35. The van der Waals surface area contributed by atoms with Crippen molar-refractivity contribution in [3.05, 3.63) is 45.8 Å². The van der Waals surface area contributed by atoms with Crippen LogP contribution in [-0.4, -0.2) is 35.8 Å². The molecule has 2 aromatic rings. The van der Waals surface area contributed by atoms with E-state index in [0.29, 0.717) is 27.9 Å². The zero-order chi connectivity index (χ0) is 20.3. The van der Waals surface area contributed by atoms with Crippen molar-refractivity contribution in [2.75, 3.05) is 18.5 Å². The molecule has 0 unspecified atom stereocenters. The van der Waals surface area contributed by atoms with Crippen LogP contribution in [0.5, 0.6) is 5.75 Å². The number of hydrogen-bond donors (Lipinski definition) is 1. The molecule has 7 heteroatoms. The summed E-state index contributed by atoms with van der Waals surface area (Å²) in [6.07, 6.45) is 0.821. The van der Waals surface area contributed by atoms with Crippen LogP contribution in [-0.2, 0) is 17.8 Å². The number of carbonyl (C=O) groups excluding carboxylic acids is 2. The van der Waals surface area contributed by atoms with Gasteiger partial charge in [0.05, 0.1) is 5.56 Å². The molecule has 0 saturated carbocycles. The molecule has 2 heterocycles. The number of amides is 1. The van der Waals surface area contributed by atoms with E-state index in [1.54, 1.807) is 24.3 Å². The molecule has 0 atom stereocenters. The smallest absolute Gasteiger partial charge is 0.262 e. The fraction of sp³-hybridized carbons (Fsp3) is 0.381. The SMILES string of the molecule is CC(=O)c1ccc(OCC(=O)Nc2sc3c(c2C#N)CCN(C(C)C)C3)cc1. The number of ether oxygens (including phenoxy) is 1. The van der Waals surface area contributed by atoms with Crippen molar-refractivity contribution in [2.45, 2.75) is 39.8 Å². The highest BCUT2D eigenvalue weighted by Gasteiger charge is 2.26. The van der Waals surface area contributed by atoms with E-state index in [1.165, 1.54) is 18.3 Å². The van der Waals surface area contributed by atoms with E-state index < -0.39 is 0 Å². The van der Waals surface area contributed by atoms with E-state index in [1.807, 2.05) is 0 Å². The number of Topliss-reactive ketones (excluding diaryl/α,β-unsaturated/α-hetero) is 1. The number of nitrogens with one attached hydrogen (secondary N) is 1. The average molecular weight is 398 g/mol. The van der Waals surface area contributed by atoms with Crippen LogP contribution in [0.3, 0.4) is 0 Å². The molecule has 1 N–H and O–H groups in total. The van der Waals surface area contributed by atoms with Crippen LogP contribution in [0.4, 0.5) is 5.00 Å². The lowest BCUT2D eigenvalue weighted by Gasteiger charge is -2.30. The van der Waals surface area contributed by atoms with Crippen LogP contribution in [0.1, 0.15) is 47.1 Å². The lowest BCUT2D eigenvalue weighted by molar-refractivity contribution is -0.118. The lowest BCUT2D eigenvalue weighted by atomic mass is 10.0. The number of carbonyl (C=O) groups is 2. The average Bonchev–Trinajstić information content (AvgIpc) is 3.02. The Kier molecular flexibility index (Phi) is 6.12. The van der Waals surface area contributed by atoms with Gasteiger partial charge in [0.1, 0.15) is 16.8 Å². The highest BCUT2D eigenvalue weighted by molar-refractivity contribution is 7.16. The van der Waals surface area contributed by atoms with E-state index >= 15 is 0 Å². The number of rotatable bonds is 6. The molecular weight excluding hydrogens is 374 g/mol. The minimum absolute atomic E-state index is 0.0222. The van der Waals surface area contributed by atoms with E-state index in [2.05, 4.69) is 30.1 Å². The highest BCUT2D eigenvalue weighted by Crippen LogP contribution is 2.37. The predicted octanol–water partition coefficient (Wildman–Crippen LogP) is 3.61. The normalized spacial score (nSPS) is 13.7. The molecule has 0 aliphatic carbocycles. The number of thiophene rings is 1. The van der Waals surface area contributed by atoms with Gasteiger partial charge in [-0.15, -0.1) is 11.3 Å². The lowest BCUT2D eigenvalue weighted by Crippen LogP contribution is -2.35. The Hall–Kier alpha value is -2.69. The number of fused-ring (bicyclic) bond motifs is 1. The van der Waals surface area contributed by atoms with Gasteiger partial charge in [0.25, 0.3) is 5.91 Å². The van der Waals surface area contributed by atoms with E-state index in [9.17, 15) is 14.9 Å². The largest absolute Gasteiger partial charge is 0.484 e. The van der Waals surface area contributed by atoms with Crippen LogP contribution in [0.25, 0.3) is 0 Å². The fourth-order valence-corrected chi connectivity index (χ4v) is 4.41. The summed E-state index contributed by atoms with van der Waals surface area (Å²) in [5.41, 5.74) is 2.22. The molecular formula is C21H23N3O3S. The summed E-state index contributed by atoms with van der Waals surface area (Å²) in [7, 11) is 0. The predicted molar refractivity (Wildman–Crippen MR) is 109 cm³/mol. The molecule has 0 fully saturated rings. The maximum atomic E-state index is 12.3. The van der Waals surface area contributed by atoms with Crippen LogP contribution >= 0.6 is 11.3 Å². The van der Waals surface area contributed by atoms with Crippen molar-refractivity contribution >= 4 is 28.0 Å². The highest BCUT2D eigenvalue weighted by atomic mass is 32.1. The zero-order valence-electron chi connectivity index (χ0n) is 16.2. The first kappa shape index (κ1) is 20.1. The standard InChI is InChI=1S/C21H23N3O3S/c1-13(2)24-9-8-17-18(10-22)21(28-19(17)11-24)23-20(26)12-27-16-6-4-15(5-7-16)14(3)25/h4-7,13H,8-9,11-12H2,1-3H3,(H,23,26). The molecule has 1 aromatic heterocycles. The van der Waals surface area contributed by atoms with Crippen molar-refractivity contribution in [3.63, 3.8) is 0 Å². The number of anilines is 1. The fourth-order valence-electron chi connectivity index (χ4n) is 3.17. The summed E-state index contributed by atoms with van der Waals surface area (Å²) >= 11 is 1.47. The number of benzene rings is 1. The second-order valence-corrected chi connectivity index (χ2v) is 8.16. The van der Waals surface area contributed by atoms with Crippen LogP contribution in [0.2, 0.25) is 0 Å². The van der Waals surface area contributed by atoms with E-state index in [-0.39, 0.29) is 18.3 Å². The van der Waals surface area contributed by atoms with Crippen molar-refractivity contribution < 1.29 is 14.3 Å². The number of ketones is 1. The molecule has 6 nitrogen and oxygen atoms in total. The summed E-state index contributed by atoms with van der Waals surface area (Å²) in [6.45, 7) is 7.38. The number of nitriles is 1. The number of nitrogens with zero attached hydrogens (tertiary/aromatic N) is 2. The third-order valence-electron chi connectivity index (χ3n) is 4.81. The van der Waals surface area contributed by atoms with E-state index in [4.69, 9.17) is 4.74 Å². The third-order valence-corrected chi connectivity index (χ3v) is 5.94. The Morgan fingerprint density at radius 3 is 2.64 bits per heavy atom. The summed E-state index contributed by atoms with van der Waals surface area (Å²) in [5.74, 6) is 0.177. The Morgan fingerprint density at radius 2 is 2.04 bits per heavy atom. The van der Waals surface area contributed by atoms with Crippen molar-refractivity contribution in [2.24, 2.45) is 0 Å². The molecule has 146 valence electrons. The molecule has 1 amide bonds. The van der Waals surface area contributed by atoms with Gasteiger partial charge in [-0.1, -0.05) is 0 Å². The Labute approximate surface area is 168 Å². The Morgan fingerprint density at radius 1 is 1.32 bits per heavy atom. The number of hydrogen-bond acceptors (Lipinski definition) is 6. The maximum absolute atomic E-state index is 12.3. The molecule has 1 aromatic carbocycles. The van der Waals surface area contributed by atoms with Gasteiger partial charge in [-0.2, -0.15) is 5.26 Å².